The Morgan fingerprint density at radius 2 is 2.29 bits per heavy atom. The number of carbonyl (C=O) groups is 1. The lowest BCUT2D eigenvalue weighted by molar-refractivity contribution is 0.0770. The normalized spacial score (nSPS) is 20.5. The quantitative estimate of drug-likeness (QED) is 0.903. The number of furan rings is 1. The van der Waals surface area contributed by atoms with Gasteiger partial charge in [0, 0.05) is 13.0 Å². The van der Waals surface area contributed by atoms with Crippen molar-refractivity contribution in [2.75, 3.05) is 12.8 Å². The van der Waals surface area contributed by atoms with Crippen LogP contribution in [0.2, 0.25) is 0 Å². The van der Waals surface area contributed by atoms with Gasteiger partial charge < -0.3 is 15.1 Å². The Balaban J connectivity index is 1.68. The largest absolute Gasteiger partial charge is 0.464 e. The van der Waals surface area contributed by atoms with Crippen LogP contribution in [0.15, 0.2) is 16.5 Å². The molecule has 2 aromatic heterocycles. The van der Waals surface area contributed by atoms with Crippen molar-refractivity contribution >= 4 is 11.6 Å². The lowest BCUT2D eigenvalue weighted by atomic mass is 10.2. The third kappa shape index (κ3) is 2.53. The van der Waals surface area contributed by atoms with Crippen molar-refractivity contribution in [2.24, 2.45) is 5.92 Å². The number of aromatic amines is 1. The van der Waals surface area contributed by atoms with E-state index in [9.17, 15) is 4.79 Å². The number of hydrogen-bond acceptors (Lipinski definition) is 4. The van der Waals surface area contributed by atoms with E-state index in [2.05, 4.69) is 17.1 Å². The van der Waals surface area contributed by atoms with Crippen LogP contribution >= 0.6 is 0 Å². The molecule has 2 unspecified atom stereocenters. The van der Waals surface area contributed by atoms with E-state index in [1.165, 1.54) is 6.42 Å². The summed E-state index contributed by atoms with van der Waals surface area (Å²) in [7, 11) is 1.72. The lowest BCUT2D eigenvalue weighted by Gasteiger charge is -2.14. The number of carbonyl (C=O) groups excluding carboxylic acids is 1. The van der Waals surface area contributed by atoms with E-state index in [0.717, 1.165) is 11.5 Å². The standard InChI is InChI=1S/C15H20N4O2/c1-8-6-11(8)12-5-4-10(21-12)7-19(3)15(20)14-13(16)9(2)17-18-14/h4-5,8,11H,6-7,16H2,1-3H3,(H,17,18). The van der Waals surface area contributed by atoms with Crippen molar-refractivity contribution in [2.45, 2.75) is 32.7 Å². The number of nitrogen functional groups attached to an aromatic ring is 1. The molecule has 0 spiro atoms. The summed E-state index contributed by atoms with van der Waals surface area (Å²) >= 11 is 0. The zero-order valence-electron chi connectivity index (χ0n) is 12.5. The number of nitrogens with two attached hydrogens (primary N) is 1. The van der Waals surface area contributed by atoms with Gasteiger partial charge in [-0.3, -0.25) is 9.89 Å². The number of nitrogens with zero attached hydrogens (tertiary/aromatic N) is 2. The van der Waals surface area contributed by atoms with Gasteiger partial charge in [0.2, 0.25) is 0 Å². The summed E-state index contributed by atoms with van der Waals surface area (Å²) in [6.07, 6.45) is 1.19. The second-order valence-corrected chi connectivity index (χ2v) is 5.90. The van der Waals surface area contributed by atoms with Crippen molar-refractivity contribution in [3.05, 3.63) is 35.0 Å². The Bertz CT molecular complexity index is 673. The number of amides is 1. The molecule has 0 radical (unpaired) electrons. The predicted molar refractivity (Wildman–Crippen MR) is 78.8 cm³/mol. The van der Waals surface area contributed by atoms with E-state index in [4.69, 9.17) is 10.2 Å². The summed E-state index contributed by atoms with van der Waals surface area (Å²) in [6.45, 7) is 4.41. The van der Waals surface area contributed by atoms with Gasteiger partial charge in [0.25, 0.3) is 5.91 Å². The first-order valence-corrected chi connectivity index (χ1v) is 7.12. The summed E-state index contributed by atoms with van der Waals surface area (Å²) in [6, 6.07) is 3.94. The van der Waals surface area contributed by atoms with E-state index in [1.54, 1.807) is 18.9 Å². The van der Waals surface area contributed by atoms with E-state index >= 15 is 0 Å². The molecule has 1 aliphatic rings. The molecule has 21 heavy (non-hydrogen) atoms. The predicted octanol–water partition coefficient (Wildman–Crippen LogP) is 2.29. The minimum Gasteiger partial charge on any atom is -0.464 e. The maximum Gasteiger partial charge on any atom is 0.276 e. The van der Waals surface area contributed by atoms with Gasteiger partial charge >= 0.3 is 0 Å². The lowest BCUT2D eigenvalue weighted by Crippen LogP contribution is -2.27. The average Bonchev–Trinajstić information content (AvgIpc) is 2.85. The SMILES string of the molecule is Cc1[nH]nc(C(=O)N(C)Cc2ccc(C3CC3C)o2)c1N. The topological polar surface area (TPSA) is 88.2 Å². The zero-order valence-corrected chi connectivity index (χ0v) is 12.5. The molecule has 2 heterocycles. The average molecular weight is 288 g/mol. The number of rotatable bonds is 4. The molecule has 0 saturated heterocycles. The van der Waals surface area contributed by atoms with Gasteiger partial charge in [0.05, 0.1) is 17.9 Å². The Labute approximate surface area is 123 Å². The molecule has 0 aliphatic heterocycles. The second kappa shape index (κ2) is 4.95. The molecule has 2 atom stereocenters. The van der Waals surface area contributed by atoms with Gasteiger partial charge in [0.15, 0.2) is 5.69 Å². The molecule has 6 nitrogen and oxygen atoms in total. The second-order valence-electron chi connectivity index (χ2n) is 5.90. The molecule has 1 amide bonds. The van der Waals surface area contributed by atoms with Crippen LogP contribution in [0.4, 0.5) is 5.69 Å². The maximum absolute atomic E-state index is 12.3. The first-order valence-electron chi connectivity index (χ1n) is 7.12. The molecule has 3 rings (SSSR count). The van der Waals surface area contributed by atoms with Crippen molar-refractivity contribution in [1.29, 1.82) is 0 Å². The first kappa shape index (κ1) is 13.7. The monoisotopic (exact) mass is 288 g/mol. The molecule has 1 saturated carbocycles. The molecule has 3 N–H and O–H groups in total. The summed E-state index contributed by atoms with van der Waals surface area (Å²) in [5, 5.41) is 6.68. The zero-order chi connectivity index (χ0) is 15.1. The van der Waals surface area contributed by atoms with E-state index in [0.29, 0.717) is 29.8 Å². The van der Waals surface area contributed by atoms with Crippen LogP contribution in [0, 0.1) is 12.8 Å². The van der Waals surface area contributed by atoms with Gasteiger partial charge in [-0.1, -0.05) is 6.92 Å². The van der Waals surface area contributed by atoms with Crippen LogP contribution in [-0.2, 0) is 6.54 Å². The van der Waals surface area contributed by atoms with Gasteiger partial charge in [-0.05, 0) is 31.4 Å². The van der Waals surface area contributed by atoms with Gasteiger partial charge in [0.1, 0.15) is 11.5 Å². The summed E-state index contributed by atoms with van der Waals surface area (Å²) in [5.74, 6) is 2.84. The number of hydrogen-bond donors (Lipinski definition) is 2. The van der Waals surface area contributed by atoms with E-state index in [-0.39, 0.29) is 11.6 Å². The number of H-pyrrole nitrogens is 1. The third-order valence-corrected chi connectivity index (χ3v) is 4.09. The number of anilines is 1. The molecule has 2 aromatic rings. The van der Waals surface area contributed by atoms with Crippen LogP contribution in [0.25, 0.3) is 0 Å². The van der Waals surface area contributed by atoms with E-state index in [1.807, 2.05) is 12.1 Å². The molecular weight excluding hydrogens is 268 g/mol. The van der Waals surface area contributed by atoms with Crippen molar-refractivity contribution < 1.29 is 9.21 Å². The Kier molecular flexibility index (Phi) is 3.23. The van der Waals surface area contributed by atoms with Gasteiger partial charge in [-0.15, -0.1) is 0 Å². The highest BCUT2D eigenvalue weighted by atomic mass is 16.3. The number of nitrogens with one attached hydrogen (secondary N) is 1. The first-order chi connectivity index (χ1) is 9.97. The highest BCUT2D eigenvalue weighted by Crippen LogP contribution is 2.47. The maximum atomic E-state index is 12.3. The molecule has 6 heteroatoms. The van der Waals surface area contributed by atoms with Crippen LogP contribution < -0.4 is 5.73 Å². The molecule has 0 bridgehead atoms. The van der Waals surface area contributed by atoms with Crippen molar-refractivity contribution in [3.8, 4) is 0 Å². The van der Waals surface area contributed by atoms with Crippen LogP contribution in [-0.4, -0.2) is 28.1 Å². The fourth-order valence-electron chi connectivity index (χ4n) is 2.48. The summed E-state index contributed by atoms with van der Waals surface area (Å²) in [5.41, 5.74) is 7.20. The Morgan fingerprint density at radius 1 is 1.57 bits per heavy atom. The summed E-state index contributed by atoms with van der Waals surface area (Å²) < 4.78 is 5.82. The van der Waals surface area contributed by atoms with E-state index < -0.39 is 0 Å². The molecule has 0 aromatic carbocycles. The van der Waals surface area contributed by atoms with Crippen LogP contribution in [0.3, 0.4) is 0 Å². The highest BCUT2D eigenvalue weighted by Gasteiger charge is 2.36. The third-order valence-electron chi connectivity index (χ3n) is 4.09. The molecule has 1 fully saturated rings. The van der Waals surface area contributed by atoms with Crippen molar-refractivity contribution in [3.63, 3.8) is 0 Å². The fraction of sp³-hybridized carbons (Fsp3) is 0.467. The van der Waals surface area contributed by atoms with Crippen LogP contribution in [0.5, 0.6) is 0 Å². The van der Waals surface area contributed by atoms with Gasteiger partial charge in [-0.25, -0.2) is 0 Å². The Morgan fingerprint density at radius 3 is 2.86 bits per heavy atom. The molecular formula is C15H20N4O2. The minimum absolute atomic E-state index is 0.213. The van der Waals surface area contributed by atoms with Gasteiger partial charge in [-0.2, -0.15) is 5.10 Å². The van der Waals surface area contributed by atoms with Crippen LogP contribution in [0.1, 0.15) is 47.0 Å². The highest BCUT2D eigenvalue weighted by molar-refractivity contribution is 5.97. The fourth-order valence-corrected chi connectivity index (χ4v) is 2.48. The van der Waals surface area contributed by atoms with Crippen molar-refractivity contribution in [1.82, 2.24) is 15.1 Å². The number of aryl methyl sites for hydroxylation is 1. The number of aromatic nitrogens is 2. The molecule has 112 valence electrons. The minimum atomic E-state index is -0.213. The Hall–Kier alpha value is -2.24. The summed E-state index contributed by atoms with van der Waals surface area (Å²) in [4.78, 5) is 13.9. The molecule has 1 aliphatic carbocycles. The smallest absolute Gasteiger partial charge is 0.276 e.